The second-order valence-electron chi connectivity index (χ2n) is 5.80. The Hall–Kier alpha value is -1.75. The van der Waals surface area contributed by atoms with Gasteiger partial charge in [0, 0.05) is 24.7 Å². The van der Waals surface area contributed by atoms with E-state index in [2.05, 4.69) is 22.6 Å². The lowest BCUT2D eigenvalue weighted by Crippen LogP contribution is -2.31. The smallest absolute Gasteiger partial charge is 0.224 e. The summed E-state index contributed by atoms with van der Waals surface area (Å²) < 4.78 is 0. The minimum atomic E-state index is 0.0868. The third kappa shape index (κ3) is 2.58. The van der Waals surface area contributed by atoms with Gasteiger partial charge < -0.3 is 21.3 Å². The lowest BCUT2D eigenvalue weighted by Gasteiger charge is -2.23. The Bertz CT molecular complexity index is 529. The van der Waals surface area contributed by atoms with E-state index in [1.54, 1.807) is 0 Å². The predicted molar refractivity (Wildman–Crippen MR) is 81.9 cm³/mol. The first kappa shape index (κ1) is 13.2. The summed E-state index contributed by atoms with van der Waals surface area (Å²) in [6, 6.07) is 4.52. The fourth-order valence-corrected chi connectivity index (χ4v) is 3.07. The summed E-state index contributed by atoms with van der Waals surface area (Å²) in [5, 5.41) is 6.35. The van der Waals surface area contributed by atoms with E-state index in [9.17, 15) is 4.79 Å². The highest BCUT2D eigenvalue weighted by Gasteiger charge is 2.21. The number of carbonyl (C=O) groups excluding carboxylic acids is 1. The summed E-state index contributed by atoms with van der Waals surface area (Å²) in [5.41, 5.74) is 9.83. The summed E-state index contributed by atoms with van der Waals surface area (Å²) in [6.45, 7) is 2.06. The Morgan fingerprint density at radius 2 is 2.30 bits per heavy atom. The van der Waals surface area contributed by atoms with Crippen LogP contribution in [0.2, 0.25) is 0 Å². The van der Waals surface area contributed by atoms with E-state index in [4.69, 9.17) is 5.73 Å². The first-order valence-corrected chi connectivity index (χ1v) is 7.30. The first-order valence-electron chi connectivity index (χ1n) is 7.30. The summed E-state index contributed by atoms with van der Waals surface area (Å²) in [6.07, 6.45) is 3.81. The third-order valence-electron chi connectivity index (χ3n) is 4.37. The number of likely N-dealkylation sites (tertiary alicyclic amines) is 1. The number of likely N-dealkylation sites (N-methyl/N-ethyl adjacent to an activating group) is 1. The number of aryl methyl sites for hydroxylation is 1. The molecule has 0 aliphatic carbocycles. The van der Waals surface area contributed by atoms with Crippen LogP contribution in [0.3, 0.4) is 0 Å². The van der Waals surface area contributed by atoms with Crippen LogP contribution in [0, 0.1) is 0 Å². The number of nitrogens with one attached hydrogen (secondary N) is 2. The van der Waals surface area contributed by atoms with Crippen LogP contribution in [-0.4, -0.2) is 37.0 Å². The van der Waals surface area contributed by atoms with Gasteiger partial charge in [-0.05, 0) is 50.6 Å². The molecule has 0 aromatic heterocycles. The molecule has 1 unspecified atom stereocenters. The fourth-order valence-electron chi connectivity index (χ4n) is 3.07. The monoisotopic (exact) mass is 274 g/mol. The van der Waals surface area contributed by atoms with Gasteiger partial charge in [0.05, 0.1) is 11.4 Å². The van der Waals surface area contributed by atoms with E-state index in [0.29, 0.717) is 12.5 Å². The number of hydrogen-bond donors (Lipinski definition) is 3. The van der Waals surface area contributed by atoms with Gasteiger partial charge in [-0.15, -0.1) is 0 Å². The zero-order chi connectivity index (χ0) is 14.1. The maximum atomic E-state index is 11.5. The molecule has 1 aromatic carbocycles. The van der Waals surface area contributed by atoms with Crippen molar-refractivity contribution in [1.82, 2.24) is 4.90 Å². The van der Waals surface area contributed by atoms with Crippen LogP contribution >= 0.6 is 0 Å². The van der Waals surface area contributed by atoms with Crippen molar-refractivity contribution < 1.29 is 4.79 Å². The van der Waals surface area contributed by atoms with Gasteiger partial charge in [0.25, 0.3) is 0 Å². The number of hydrogen-bond acceptors (Lipinski definition) is 4. The van der Waals surface area contributed by atoms with Gasteiger partial charge in [0.15, 0.2) is 0 Å². The lowest BCUT2D eigenvalue weighted by atomic mass is 10.0. The van der Waals surface area contributed by atoms with Gasteiger partial charge in [-0.2, -0.15) is 0 Å². The number of nitrogen functional groups attached to an aromatic ring is 1. The Morgan fingerprint density at radius 1 is 1.45 bits per heavy atom. The van der Waals surface area contributed by atoms with Crippen molar-refractivity contribution in [3.63, 3.8) is 0 Å². The number of amides is 1. The van der Waals surface area contributed by atoms with Crippen LogP contribution in [0.4, 0.5) is 17.1 Å². The van der Waals surface area contributed by atoms with Crippen LogP contribution in [0.1, 0.15) is 24.8 Å². The quantitative estimate of drug-likeness (QED) is 0.733. The molecule has 2 aliphatic heterocycles. The van der Waals surface area contributed by atoms with Crippen molar-refractivity contribution in [3.8, 4) is 0 Å². The molecule has 2 heterocycles. The number of carbonyl (C=O) groups is 1. The van der Waals surface area contributed by atoms with Crippen LogP contribution < -0.4 is 16.4 Å². The van der Waals surface area contributed by atoms with Crippen LogP contribution in [0.15, 0.2) is 12.1 Å². The number of benzene rings is 1. The van der Waals surface area contributed by atoms with E-state index < -0.39 is 0 Å². The van der Waals surface area contributed by atoms with Gasteiger partial charge in [0.1, 0.15) is 0 Å². The Kier molecular flexibility index (Phi) is 3.53. The average Bonchev–Trinajstić information content (AvgIpc) is 2.82. The number of fused-ring (bicyclic) bond motifs is 1. The van der Waals surface area contributed by atoms with E-state index in [1.165, 1.54) is 19.4 Å². The van der Waals surface area contributed by atoms with E-state index in [0.717, 1.165) is 35.6 Å². The highest BCUT2D eigenvalue weighted by Crippen LogP contribution is 2.31. The Morgan fingerprint density at radius 3 is 3.05 bits per heavy atom. The molecular weight excluding hydrogens is 252 g/mol. The summed E-state index contributed by atoms with van der Waals surface area (Å²) in [7, 11) is 2.16. The zero-order valence-electron chi connectivity index (χ0n) is 11.9. The van der Waals surface area contributed by atoms with Crippen molar-refractivity contribution in [2.75, 3.05) is 36.5 Å². The van der Waals surface area contributed by atoms with Crippen LogP contribution in [0.5, 0.6) is 0 Å². The minimum absolute atomic E-state index is 0.0868. The zero-order valence-corrected chi connectivity index (χ0v) is 11.9. The average molecular weight is 274 g/mol. The normalized spacial score (nSPS) is 22.4. The molecule has 1 fully saturated rings. The third-order valence-corrected chi connectivity index (χ3v) is 4.37. The summed E-state index contributed by atoms with van der Waals surface area (Å²) in [4.78, 5) is 13.8. The molecule has 1 aromatic rings. The molecule has 0 saturated carbocycles. The molecule has 5 heteroatoms. The standard InChI is InChI=1S/C15H22N4O/c1-19-6-2-3-11(19)9-17-14-8-13-10(7-12(14)16)4-5-15(20)18-13/h7-8,11,17H,2-6,9,16H2,1H3,(H,18,20). The molecule has 4 N–H and O–H groups in total. The number of nitrogens with zero attached hydrogens (tertiary/aromatic N) is 1. The number of nitrogens with two attached hydrogens (primary N) is 1. The second kappa shape index (κ2) is 5.32. The van der Waals surface area contributed by atoms with Crippen molar-refractivity contribution >= 4 is 23.0 Å². The Balaban J connectivity index is 1.73. The highest BCUT2D eigenvalue weighted by atomic mass is 16.1. The Labute approximate surface area is 119 Å². The van der Waals surface area contributed by atoms with Gasteiger partial charge >= 0.3 is 0 Å². The molecule has 0 bridgehead atoms. The van der Waals surface area contributed by atoms with Gasteiger partial charge in [0.2, 0.25) is 5.91 Å². The predicted octanol–water partition coefficient (Wildman–Crippen LogP) is 1.66. The van der Waals surface area contributed by atoms with Crippen LogP contribution in [0.25, 0.3) is 0 Å². The fraction of sp³-hybridized carbons (Fsp3) is 0.533. The second-order valence-corrected chi connectivity index (χ2v) is 5.80. The van der Waals surface area contributed by atoms with E-state index in [1.807, 2.05) is 12.1 Å². The van der Waals surface area contributed by atoms with Crippen molar-refractivity contribution in [2.45, 2.75) is 31.7 Å². The largest absolute Gasteiger partial charge is 0.397 e. The minimum Gasteiger partial charge on any atom is -0.397 e. The molecule has 1 amide bonds. The molecule has 2 aliphatic rings. The number of anilines is 3. The topological polar surface area (TPSA) is 70.4 Å². The van der Waals surface area contributed by atoms with Gasteiger partial charge in [-0.3, -0.25) is 4.79 Å². The molecular formula is C15H22N4O. The van der Waals surface area contributed by atoms with Crippen LogP contribution in [-0.2, 0) is 11.2 Å². The first-order chi connectivity index (χ1) is 9.63. The van der Waals surface area contributed by atoms with Crippen molar-refractivity contribution in [3.05, 3.63) is 17.7 Å². The maximum absolute atomic E-state index is 11.5. The molecule has 3 rings (SSSR count). The SMILES string of the molecule is CN1CCCC1CNc1cc2c(cc1N)CCC(=O)N2. The lowest BCUT2D eigenvalue weighted by molar-refractivity contribution is -0.116. The van der Waals surface area contributed by atoms with Crippen molar-refractivity contribution in [2.24, 2.45) is 0 Å². The molecule has 0 spiro atoms. The van der Waals surface area contributed by atoms with E-state index in [-0.39, 0.29) is 5.91 Å². The summed E-state index contributed by atoms with van der Waals surface area (Å²) in [5.74, 6) is 0.0868. The summed E-state index contributed by atoms with van der Waals surface area (Å²) >= 11 is 0. The maximum Gasteiger partial charge on any atom is 0.224 e. The van der Waals surface area contributed by atoms with Crippen molar-refractivity contribution in [1.29, 1.82) is 0 Å². The molecule has 1 atom stereocenters. The van der Waals surface area contributed by atoms with Gasteiger partial charge in [-0.1, -0.05) is 0 Å². The molecule has 5 nitrogen and oxygen atoms in total. The van der Waals surface area contributed by atoms with Gasteiger partial charge in [-0.25, -0.2) is 0 Å². The molecule has 1 saturated heterocycles. The molecule has 108 valence electrons. The highest BCUT2D eigenvalue weighted by molar-refractivity contribution is 5.95. The number of rotatable bonds is 3. The molecule has 0 radical (unpaired) electrons. The molecule has 20 heavy (non-hydrogen) atoms. The van der Waals surface area contributed by atoms with E-state index >= 15 is 0 Å².